The number of ether oxygens (including phenoxy) is 2. The molecule has 4 heteroatoms. The first-order valence-corrected chi connectivity index (χ1v) is 3.50. The molecule has 0 fully saturated rings. The van der Waals surface area contributed by atoms with Crippen LogP contribution in [-0.2, 0) is 4.74 Å². The lowest BCUT2D eigenvalue weighted by molar-refractivity contribution is 0.143. The summed E-state index contributed by atoms with van der Waals surface area (Å²) in [5, 5.41) is 0. The van der Waals surface area contributed by atoms with E-state index in [1.165, 1.54) is 0 Å². The fourth-order valence-electron chi connectivity index (χ4n) is 0.420. The van der Waals surface area contributed by atoms with Crippen molar-refractivity contribution in [1.29, 1.82) is 0 Å². The summed E-state index contributed by atoms with van der Waals surface area (Å²) in [6.07, 6.45) is 0. The zero-order chi connectivity index (χ0) is 17.5. The zero-order valence-electron chi connectivity index (χ0n) is 15.6. The van der Waals surface area contributed by atoms with Gasteiger partial charge in [-0.3, -0.25) is 0 Å². The van der Waals surface area contributed by atoms with E-state index >= 15 is 0 Å². The van der Waals surface area contributed by atoms with Gasteiger partial charge >= 0.3 is 0 Å². The van der Waals surface area contributed by atoms with Crippen LogP contribution in [-0.4, -0.2) is 25.1 Å². The van der Waals surface area contributed by atoms with Gasteiger partial charge in [0.25, 0.3) is 0 Å². The first kappa shape index (κ1) is 2.69. The van der Waals surface area contributed by atoms with Crippen molar-refractivity contribution in [1.82, 2.24) is 4.98 Å². The number of methoxy groups -OCH3 is 1. The molecule has 1 heterocycles. The lowest BCUT2D eigenvalue weighted by Crippen LogP contribution is -2.05. The van der Waals surface area contributed by atoms with Crippen molar-refractivity contribution in [2.75, 3.05) is 20.2 Å². The second-order valence-electron chi connectivity index (χ2n) is 1.49. The first-order chi connectivity index (χ1) is 9.68. The summed E-state index contributed by atoms with van der Waals surface area (Å²) in [5.41, 5.74) is 0. The maximum Gasteiger partial charge on any atom is 0.214 e. The van der Waals surface area contributed by atoms with E-state index < -0.39 is 44.2 Å². The van der Waals surface area contributed by atoms with E-state index in [4.69, 9.17) is 13.7 Å². The highest BCUT2D eigenvalue weighted by atomic mass is 79.9. The van der Waals surface area contributed by atoms with Crippen molar-refractivity contribution in [3.63, 3.8) is 0 Å². The van der Waals surface area contributed by atoms with E-state index in [1.54, 1.807) is 0 Å². The average molecular weight is 242 g/mol. The molecule has 12 heavy (non-hydrogen) atoms. The van der Waals surface area contributed by atoms with E-state index in [0.29, 0.717) is 0 Å². The molecular weight excluding hydrogens is 222 g/mol. The van der Waals surface area contributed by atoms with Crippen molar-refractivity contribution in [3.05, 3.63) is 22.7 Å². The maximum atomic E-state index is 7.54. The van der Waals surface area contributed by atoms with Crippen LogP contribution in [0.2, 0.25) is 0 Å². The summed E-state index contributed by atoms with van der Waals surface area (Å²) in [4.78, 5) is 3.52. The van der Waals surface area contributed by atoms with E-state index in [2.05, 4.69) is 30.4 Å². The monoisotopic (exact) mass is 241 g/mol. The number of rotatable bonds is 4. The van der Waals surface area contributed by atoms with Gasteiger partial charge in [-0.15, -0.1) is 0 Å². The predicted molar refractivity (Wildman–Crippen MR) is 49.3 cm³/mol. The molecule has 66 valence electrons. The van der Waals surface area contributed by atoms with Crippen LogP contribution in [0.25, 0.3) is 0 Å². The van der Waals surface area contributed by atoms with Crippen LogP contribution in [0.5, 0.6) is 5.88 Å². The lowest BCUT2D eigenvalue weighted by Gasteiger charge is -2.03. The van der Waals surface area contributed by atoms with Crippen molar-refractivity contribution in [2.45, 2.75) is 0 Å². The molecule has 0 saturated carbocycles. The molecule has 0 aromatic carbocycles. The number of halogens is 1. The Balaban J connectivity index is 3.17. The topological polar surface area (TPSA) is 31.4 Å². The fraction of sp³-hybridized carbons (Fsp3) is 0.375. The molecule has 0 N–H and O–H groups in total. The number of nitrogens with zero attached hydrogens (tertiary/aromatic N) is 1. The molecule has 0 unspecified atom stereocenters. The van der Waals surface area contributed by atoms with Gasteiger partial charge in [-0.2, -0.15) is 0 Å². The van der Waals surface area contributed by atoms with Gasteiger partial charge in [-0.1, -0.05) is 6.04 Å². The third kappa shape index (κ3) is 3.19. The summed E-state index contributed by atoms with van der Waals surface area (Å²) >= 11 is 2.82. The highest BCUT2D eigenvalue weighted by Crippen LogP contribution is 2.11. The second kappa shape index (κ2) is 5.11. The summed E-state index contributed by atoms with van der Waals surface area (Å²) in [7, 11) is -3.22. The second-order valence-corrected chi connectivity index (χ2v) is 2.24. The normalized spacial score (nSPS) is 25.4. The van der Waals surface area contributed by atoms with Crippen LogP contribution in [0.15, 0.2) is 22.7 Å². The molecule has 0 aliphatic carbocycles. The smallest absolute Gasteiger partial charge is 0.214 e. The van der Waals surface area contributed by atoms with Gasteiger partial charge in [0.1, 0.15) is 11.2 Å². The Morgan fingerprint density at radius 3 is 3.50 bits per heavy atom. The van der Waals surface area contributed by atoms with E-state index in [1.807, 2.05) is 0 Å². The minimum atomic E-state index is -3.39. The summed E-state index contributed by atoms with van der Waals surface area (Å²) in [6, 6.07) is -1.80. The van der Waals surface area contributed by atoms with Crippen LogP contribution in [0.4, 0.5) is 0 Å². The number of hydrogen-bond acceptors (Lipinski definition) is 3. The minimum Gasteiger partial charge on any atom is -0.475 e. The number of pyridine rings is 1. The Hall–Kier alpha value is -0.610. The van der Waals surface area contributed by atoms with Gasteiger partial charge in [0.15, 0.2) is 0 Å². The lowest BCUT2D eigenvalue weighted by atomic mass is 10.5. The van der Waals surface area contributed by atoms with E-state index in [9.17, 15) is 0 Å². The molecular formula is C8H10BrNO2. The molecule has 0 saturated heterocycles. The van der Waals surface area contributed by atoms with Crippen LogP contribution < -0.4 is 4.74 Å². The fourth-order valence-corrected chi connectivity index (χ4v) is 0.680. The molecule has 0 radical (unpaired) electrons. The van der Waals surface area contributed by atoms with Gasteiger partial charge in [-0.25, -0.2) is 4.98 Å². The Morgan fingerprint density at radius 2 is 2.67 bits per heavy atom. The Kier molecular flexibility index (Phi) is 1.14. The summed E-state index contributed by atoms with van der Waals surface area (Å²) in [5.74, 6) is -0.782. The van der Waals surface area contributed by atoms with E-state index in [-0.39, 0.29) is 4.60 Å². The minimum absolute atomic E-state index is 0.211. The number of hydrogen-bond donors (Lipinski definition) is 0. The van der Waals surface area contributed by atoms with Gasteiger partial charge in [-0.05, 0) is 22.0 Å². The zero-order valence-corrected chi connectivity index (χ0v) is 7.23. The molecule has 0 aliphatic heterocycles. The third-order valence-corrected chi connectivity index (χ3v) is 1.15. The molecule has 1 aromatic heterocycles. The highest BCUT2D eigenvalue weighted by molar-refractivity contribution is 9.10. The Morgan fingerprint density at radius 1 is 1.75 bits per heavy atom. The average Bonchev–Trinajstić information content (AvgIpc) is 2.30. The van der Waals surface area contributed by atoms with E-state index in [0.717, 1.165) is 0 Å². The Bertz CT molecular complexity index is 575. The summed E-state index contributed by atoms with van der Waals surface area (Å²) < 4.78 is 81.0. The van der Waals surface area contributed by atoms with Gasteiger partial charge in [0.05, 0.1) is 20.3 Å². The standard InChI is InChI=1S/C8H10BrNO2/c1-11-5-6-12-8-4-2-3-7(9)10-8/h2-4H,5-6H2,1H3/i1D3,2D,3D,4D,5D2,6D2. The van der Waals surface area contributed by atoms with Crippen molar-refractivity contribution in [2.24, 2.45) is 0 Å². The van der Waals surface area contributed by atoms with Crippen LogP contribution in [0.1, 0.15) is 13.7 Å². The molecule has 0 aliphatic rings. The predicted octanol–water partition coefficient (Wildman–Crippen LogP) is 1.87. The maximum absolute atomic E-state index is 7.54. The number of aromatic nitrogens is 1. The first-order valence-electron chi connectivity index (χ1n) is 7.70. The van der Waals surface area contributed by atoms with Crippen LogP contribution in [0, 0.1) is 0 Å². The quantitative estimate of drug-likeness (QED) is 0.755. The van der Waals surface area contributed by atoms with Crippen LogP contribution >= 0.6 is 15.9 Å². The van der Waals surface area contributed by atoms with Crippen molar-refractivity contribution >= 4 is 15.9 Å². The molecule has 3 nitrogen and oxygen atoms in total. The van der Waals surface area contributed by atoms with Gasteiger partial charge in [0, 0.05) is 13.1 Å². The highest BCUT2D eigenvalue weighted by Gasteiger charge is 1.94. The van der Waals surface area contributed by atoms with Gasteiger partial charge < -0.3 is 9.47 Å². The molecule has 0 spiro atoms. The summed E-state index contributed by atoms with van der Waals surface area (Å²) in [6.45, 7) is -6.71. The molecule has 1 aromatic rings. The van der Waals surface area contributed by atoms with Gasteiger partial charge in [0.2, 0.25) is 5.88 Å². The molecule has 0 amide bonds. The van der Waals surface area contributed by atoms with Crippen LogP contribution in [0.3, 0.4) is 0 Å². The van der Waals surface area contributed by atoms with Crippen molar-refractivity contribution < 1.29 is 23.2 Å². The van der Waals surface area contributed by atoms with Crippen molar-refractivity contribution in [3.8, 4) is 5.88 Å². The third-order valence-electron chi connectivity index (χ3n) is 0.775. The largest absolute Gasteiger partial charge is 0.475 e. The molecule has 1 rings (SSSR count). The molecule has 0 bridgehead atoms. The molecule has 0 atom stereocenters. The Labute approximate surface area is 93.9 Å². The SMILES string of the molecule is [2H]c1c(Br)nc(OC([2H])([2H])C([2H])([2H])OC([2H])([2H])[2H])c([2H])c1[2H].